The van der Waals surface area contributed by atoms with Gasteiger partial charge in [0, 0.05) is 76.2 Å². The molecule has 0 aliphatic carbocycles. The molecular weight excluding hydrogens is 402 g/mol. The second kappa shape index (κ2) is 10.6. The van der Waals surface area contributed by atoms with Crippen LogP contribution in [0.1, 0.15) is 17.5 Å². The van der Waals surface area contributed by atoms with Crippen LogP contribution in [-0.4, -0.2) is 70.9 Å². The molecule has 0 saturated carbocycles. The second-order valence-corrected chi connectivity index (χ2v) is 8.44. The first-order valence-corrected chi connectivity index (χ1v) is 11.4. The van der Waals surface area contributed by atoms with Gasteiger partial charge in [0.05, 0.1) is 14.2 Å². The third-order valence-corrected chi connectivity index (χ3v) is 6.38. The first-order chi connectivity index (χ1) is 15.7. The van der Waals surface area contributed by atoms with Crippen molar-refractivity contribution in [2.24, 2.45) is 4.99 Å². The van der Waals surface area contributed by atoms with Gasteiger partial charge in [0.1, 0.15) is 11.5 Å². The highest BCUT2D eigenvalue weighted by Gasteiger charge is 2.24. The Bertz CT molecular complexity index is 910. The van der Waals surface area contributed by atoms with Crippen molar-refractivity contribution in [3.05, 3.63) is 53.6 Å². The van der Waals surface area contributed by atoms with Gasteiger partial charge in [0.15, 0.2) is 5.96 Å². The molecule has 7 heteroatoms. The number of anilines is 1. The van der Waals surface area contributed by atoms with Crippen molar-refractivity contribution >= 4 is 11.6 Å². The Labute approximate surface area is 191 Å². The van der Waals surface area contributed by atoms with Crippen LogP contribution in [0.4, 0.5) is 5.69 Å². The van der Waals surface area contributed by atoms with Crippen molar-refractivity contribution in [1.82, 2.24) is 15.5 Å². The van der Waals surface area contributed by atoms with Crippen molar-refractivity contribution in [2.45, 2.75) is 25.4 Å². The van der Waals surface area contributed by atoms with Gasteiger partial charge >= 0.3 is 0 Å². The quantitative estimate of drug-likeness (QED) is 0.513. The van der Waals surface area contributed by atoms with E-state index in [0.29, 0.717) is 6.04 Å². The van der Waals surface area contributed by atoms with Gasteiger partial charge in [-0.1, -0.05) is 24.3 Å². The maximum atomic E-state index is 5.42. The molecule has 0 amide bonds. The van der Waals surface area contributed by atoms with Gasteiger partial charge < -0.3 is 25.0 Å². The molecule has 2 aromatic rings. The highest BCUT2D eigenvalue weighted by Crippen LogP contribution is 2.30. The zero-order valence-corrected chi connectivity index (χ0v) is 19.4. The molecule has 0 aromatic heterocycles. The van der Waals surface area contributed by atoms with E-state index in [1.807, 2.05) is 13.1 Å². The molecule has 172 valence electrons. The summed E-state index contributed by atoms with van der Waals surface area (Å²) in [7, 11) is 5.21. The van der Waals surface area contributed by atoms with Crippen LogP contribution in [0, 0.1) is 0 Å². The highest BCUT2D eigenvalue weighted by atomic mass is 16.5. The molecule has 1 saturated heterocycles. The fraction of sp³-hybridized carbons (Fsp3) is 0.480. The number of hydrogen-bond donors (Lipinski definition) is 2. The summed E-state index contributed by atoms with van der Waals surface area (Å²) in [6.07, 6.45) is 2.19. The Morgan fingerprint density at radius 1 is 1.06 bits per heavy atom. The maximum absolute atomic E-state index is 5.42. The summed E-state index contributed by atoms with van der Waals surface area (Å²) in [6.45, 7) is 5.94. The van der Waals surface area contributed by atoms with Gasteiger partial charge in [-0.2, -0.15) is 0 Å². The summed E-state index contributed by atoms with van der Waals surface area (Å²) < 4.78 is 10.8. The van der Waals surface area contributed by atoms with Crippen LogP contribution in [0.25, 0.3) is 0 Å². The van der Waals surface area contributed by atoms with Gasteiger partial charge in [0.25, 0.3) is 0 Å². The third-order valence-electron chi connectivity index (χ3n) is 6.38. The summed E-state index contributed by atoms with van der Waals surface area (Å²) in [5, 5.41) is 7.09. The Balaban J connectivity index is 1.24. The predicted octanol–water partition coefficient (Wildman–Crippen LogP) is 2.51. The number of nitrogens with zero attached hydrogens (tertiary/aromatic N) is 3. The van der Waals surface area contributed by atoms with Crippen LogP contribution < -0.4 is 25.0 Å². The van der Waals surface area contributed by atoms with E-state index in [0.717, 1.165) is 75.3 Å². The van der Waals surface area contributed by atoms with Crippen LogP contribution in [0.3, 0.4) is 0 Å². The number of fused-ring (bicyclic) bond motifs is 1. The van der Waals surface area contributed by atoms with Gasteiger partial charge in [-0.05, 0) is 24.0 Å². The fourth-order valence-corrected chi connectivity index (χ4v) is 4.55. The van der Waals surface area contributed by atoms with Crippen LogP contribution >= 0.6 is 0 Å². The topological polar surface area (TPSA) is 61.4 Å². The Morgan fingerprint density at radius 3 is 2.53 bits per heavy atom. The SMILES string of the molecule is CN=C(NCCN1CCc2ccccc2C1)NC1CCN(c2cc(OC)cc(OC)c2)C1. The molecule has 4 rings (SSSR count). The van der Waals surface area contributed by atoms with E-state index in [4.69, 9.17) is 9.47 Å². The lowest BCUT2D eigenvalue weighted by Gasteiger charge is -2.29. The number of benzene rings is 2. The van der Waals surface area contributed by atoms with E-state index in [1.54, 1.807) is 14.2 Å². The first kappa shape index (κ1) is 22.3. The number of methoxy groups -OCH3 is 2. The van der Waals surface area contributed by atoms with Gasteiger partial charge in [-0.25, -0.2) is 0 Å². The smallest absolute Gasteiger partial charge is 0.191 e. The first-order valence-electron chi connectivity index (χ1n) is 11.4. The van der Waals surface area contributed by atoms with Crippen LogP contribution in [-0.2, 0) is 13.0 Å². The highest BCUT2D eigenvalue weighted by molar-refractivity contribution is 5.80. The molecule has 0 spiro atoms. The largest absolute Gasteiger partial charge is 0.497 e. The number of nitrogens with one attached hydrogen (secondary N) is 2. The average molecular weight is 438 g/mol. The summed E-state index contributed by atoms with van der Waals surface area (Å²) in [5.41, 5.74) is 4.08. The zero-order chi connectivity index (χ0) is 22.3. The van der Waals surface area contributed by atoms with E-state index in [2.05, 4.69) is 61.8 Å². The van der Waals surface area contributed by atoms with Crippen molar-refractivity contribution in [2.75, 3.05) is 58.9 Å². The van der Waals surface area contributed by atoms with Gasteiger partial charge in [-0.3, -0.25) is 9.89 Å². The second-order valence-electron chi connectivity index (χ2n) is 8.44. The monoisotopic (exact) mass is 437 g/mol. The lowest BCUT2D eigenvalue weighted by Crippen LogP contribution is -2.47. The number of rotatable bonds is 7. The molecule has 2 N–H and O–H groups in total. The number of ether oxygens (including phenoxy) is 2. The minimum Gasteiger partial charge on any atom is -0.497 e. The fourth-order valence-electron chi connectivity index (χ4n) is 4.55. The summed E-state index contributed by atoms with van der Waals surface area (Å²) in [4.78, 5) is 9.31. The summed E-state index contributed by atoms with van der Waals surface area (Å²) in [5.74, 6) is 2.50. The molecule has 2 aliphatic rings. The number of guanidine groups is 1. The molecule has 2 heterocycles. The Morgan fingerprint density at radius 2 is 1.81 bits per heavy atom. The van der Waals surface area contributed by atoms with Crippen molar-refractivity contribution < 1.29 is 9.47 Å². The van der Waals surface area contributed by atoms with Crippen LogP contribution in [0.15, 0.2) is 47.5 Å². The van der Waals surface area contributed by atoms with E-state index in [9.17, 15) is 0 Å². The lowest BCUT2D eigenvalue weighted by molar-refractivity contribution is 0.258. The molecule has 7 nitrogen and oxygen atoms in total. The van der Waals surface area contributed by atoms with E-state index in [1.165, 1.54) is 11.1 Å². The Kier molecular flexibility index (Phi) is 7.37. The zero-order valence-electron chi connectivity index (χ0n) is 19.4. The van der Waals surface area contributed by atoms with Gasteiger partial charge in [0.2, 0.25) is 0 Å². The van der Waals surface area contributed by atoms with Crippen molar-refractivity contribution in [1.29, 1.82) is 0 Å². The molecular formula is C25H35N5O2. The predicted molar refractivity (Wildman–Crippen MR) is 130 cm³/mol. The minimum absolute atomic E-state index is 0.347. The van der Waals surface area contributed by atoms with Gasteiger partial charge in [-0.15, -0.1) is 0 Å². The maximum Gasteiger partial charge on any atom is 0.191 e. The molecule has 32 heavy (non-hydrogen) atoms. The molecule has 0 bridgehead atoms. The average Bonchev–Trinajstić information content (AvgIpc) is 3.31. The molecule has 0 radical (unpaired) electrons. The molecule has 2 aromatic carbocycles. The van der Waals surface area contributed by atoms with Crippen molar-refractivity contribution in [3.63, 3.8) is 0 Å². The van der Waals surface area contributed by atoms with Crippen LogP contribution in [0.5, 0.6) is 11.5 Å². The van der Waals surface area contributed by atoms with E-state index in [-0.39, 0.29) is 0 Å². The minimum atomic E-state index is 0.347. The molecule has 1 unspecified atom stereocenters. The molecule has 1 fully saturated rings. The van der Waals surface area contributed by atoms with E-state index < -0.39 is 0 Å². The number of aliphatic imine (C=N–C) groups is 1. The van der Waals surface area contributed by atoms with Crippen LogP contribution in [0.2, 0.25) is 0 Å². The number of hydrogen-bond acceptors (Lipinski definition) is 5. The normalized spacial score (nSPS) is 18.9. The van der Waals surface area contributed by atoms with E-state index >= 15 is 0 Å². The molecule has 1 atom stereocenters. The summed E-state index contributed by atoms with van der Waals surface area (Å²) in [6, 6.07) is 15.2. The lowest BCUT2D eigenvalue weighted by atomic mass is 10.00. The third kappa shape index (κ3) is 5.46. The molecule has 2 aliphatic heterocycles. The Hall–Kier alpha value is -2.93. The van der Waals surface area contributed by atoms with Crippen molar-refractivity contribution in [3.8, 4) is 11.5 Å². The standard InChI is InChI=1S/C25H35N5O2/c1-26-25(27-10-13-29-11-8-19-6-4-5-7-20(19)17-29)28-21-9-12-30(18-21)22-14-23(31-2)16-24(15-22)32-3/h4-7,14-16,21H,8-13,17-18H2,1-3H3,(H2,26,27,28). The summed E-state index contributed by atoms with van der Waals surface area (Å²) >= 11 is 0.